The van der Waals surface area contributed by atoms with Crippen LogP contribution in [-0.2, 0) is 0 Å². The van der Waals surface area contributed by atoms with E-state index in [1.807, 2.05) is 6.07 Å². The van der Waals surface area contributed by atoms with Crippen LogP contribution in [0.3, 0.4) is 0 Å². The molecule has 0 aliphatic heterocycles. The number of aromatic carboxylic acids is 1. The van der Waals surface area contributed by atoms with Gasteiger partial charge in [-0.25, -0.2) is 9.78 Å². The molecule has 1 aliphatic carbocycles. The lowest BCUT2D eigenvalue weighted by Crippen LogP contribution is -2.03. The van der Waals surface area contributed by atoms with Gasteiger partial charge in [-0.1, -0.05) is 12.1 Å². The molecule has 0 fully saturated rings. The van der Waals surface area contributed by atoms with Gasteiger partial charge in [-0.05, 0) is 43.4 Å². The molecule has 15 heavy (non-hydrogen) atoms. The maximum absolute atomic E-state index is 10.8. The Bertz CT molecular complexity index is 410. The number of carboxylic acids is 1. The molecule has 3 nitrogen and oxygen atoms in total. The summed E-state index contributed by atoms with van der Waals surface area (Å²) in [6.45, 7) is 0. The van der Waals surface area contributed by atoms with Gasteiger partial charge in [0, 0.05) is 0 Å². The fraction of sp³-hybridized carbons (Fsp3) is 0.333. The third-order valence-electron chi connectivity index (χ3n) is 2.59. The van der Waals surface area contributed by atoms with E-state index < -0.39 is 5.97 Å². The van der Waals surface area contributed by atoms with Crippen molar-refractivity contribution in [1.82, 2.24) is 4.98 Å². The quantitative estimate of drug-likeness (QED) is 0.804. The predicted molar refractivity (Wildman–Crippen MR) is 57.6 cm³/mol. The van der Waals surface area contributed by atoms with Crippen LogP contribution >= 0.6 is 0 Å². The van der Waals surface area contributed by atoms with E-state index in [2.05, 4.69) is 11.1 Å². The van der Waals surface area contributed by atoms with Crippen LogP contribution in [0.15, 0.2) is 24.3 Å². The molecule has 2 rings (SSSR count). The summed E-state index contributed by atoms with van der Waals surface area (Å²) in [5.41, 5.74) is 2.12. The summed E-state index contributed by atoms with van der Waals surface area (Å²) in [5, 5.41) is 8.83. The van der Waals surface area contributed by atoms with E-state index in [4.69, 9.17) is 5.11 Å². The van der Waals surface area contributed by atoms with Crippen LogP contribution in [0, 0.1) is 0 Å². The minimum atomic E-state index is -0.965. The van der Waals surface area contributed by atoms with Gasteiger partial charge >= 0.3 is 5.97 Å². The Hall–Kier alpha value is -1.64. The summed E-state index contributed by atoms with van der Waals surface area (Å²) in [6.07, 6.45) is 6.65. The van der Waals surface area contributed by atoms with E-state index >= 15 is 0 Å². The van der Waals surface area contributed by atoms with Gasteiger partial charge in [0.15, 0.2) is 0 Å². The zero-order valence-corrected chi connectivity index (χ0v) is 8.44. The fourth-order valence-electron chi connectivity index (χ4n) is 1.80. The molecule has 78 valence electrons. The number of nitrogens with zero attached hydrogens (tertiary/aromatic N) is 1. The monoisotopic (exact) mass is 203 g/mol. The van der Waals surface area contributed by atoms with Crippen LogP contribution in [0.25, 0.3) is 5.57 Å². The van der Waals surface area contributed by atoms with E-state index in [-0.39, 0.29) is 5.69 Å². The molecule has 1 heterocycles. The van der Waals surface area contributed by atoms with Crippen molar-refractivity contribution in [2.24, 2.45) is 0 Å². The molecule has 1 aromatic rings. The number of hydrogen-bond acceptors (Lipinski definition) is 2. The normalized spacial score (nSPS) is 15.9. The molecule has 3 heteroatoms. The van der Waals surface area contributed by atoms with E-state index in [1.165, 1.54) is 24.5 Å². The van der Waals surface area contributed by atoms with E-state index in [0.717, 1.165) is 18.5 Å². The topological polar surface area (TPSA) is 50.2 Å². The lowest BCUT2D eigenvalue weighted by atomic mass is 9.97. The summed E-state index contributed by atoms with van der Waals surface area (Å²) >= 11 is 0. The largest absolute Gasteiger partial charge is 0.477 e. The van der Waals surface area contributed by atoms with Crippen LogP contribution in [0.5, 0.6) is 0 Å². The van der Waals surface area contributed by atoms with Gasteiger partial charge in [0.1, 0.15) is 5.69 Å². The summed E-state index contributed by atoms with van der Waals surface area (Å²) in [5.74, 6) is -0.965. The molecule has 1 N–H and O–H groups in total. The zero-order valence-electron chi connectivity index (χ0n) is 8.44. The Morgan fingerprint density at radius 1 is 1.33 bits per heavy atom. The molecule has 0 unspecified atom stereocenters. The van der Waals surface area contributed by atoms with Gasteiger partial charge in [-0.15, -0.1) is 0 Å². The fourth-order valence-corrected chi connectivity index (χ4v) is 1.80. The summed E-state index contributed by atoms with van der Waals surface area (Å²) < 4.78 is 0. The molecular weight excluding hydrogens is 190 g/mol. The molecule has 0 aromatic carbocycles. The molecule has 1 aliphatic rings. The number of carboxylic acid groups (broad SMARTS) is 1. The first-order chi connectivity index (χ1) is 7.27. The second-order valence-electron chi connectivity index (χ2n) is 3.69. The number of rotatable bonds is 2. The summed E-state index contributed by atoms with van der Waals surface area (Å²) in [7, 11) is 0. The van der Waals surface area contributed by atoms with Crippen molar-refractivity contribution in [2.45, 2.75) is 25.7 Å². The first-order valence-corrected chi connectivity index (χ1v) is 5.17. The van der Waals surface area contributed by atoms with Crippen molar-refractivity contribution >= 4 is 11.5 Å². The number of hydrogen-bond donors (Lipinski definition) is 1. The smallest absolute Gasteiger partial charge is 0.354 e. The highest BCUT2D eigenvalue weighted by molar-refractivity contribution is 5.85. The number of carbonyl (C=O) groups is 1. The predicted octanol–water partition coefficient (Wildman–Crippen LogP) is 2.74. The molecule has 0 radical (unpaired) electrons. The van der Waals surface area contributed by atoms with Gasteiger partial charge < -0.3 is 5.11 Å². The van der Waals surface area contributed by atoms with Crippen molar-refractivity contribution in [3.05, 3.63) is 35.7 Å². The van der Waals surface area contributed by atoms with Gasteiger partial charge in [0.25, 0.3) is 0 Å². The first kappa shape index (κ1) is 9.90. The Labute approximate surface area is 88.5 Å². The Kier molecular flexibility index (Phi) is 2.81. The number of aromatic nitrogens is 1. The van der Waals surface area contributed by atoms with Crippen LogP contribution in [0.4, 0.5) is 0 Å². The van der Waals surface area contributed by atoms with Crippen molar-refractivity contribution in [2.75, 3.05) is 0 Å². The first-order valence-electron chi connectivity index (χ1n) is 5.17. The van der Waals surface area contributed by atoms with Crippen molar-refractivity contribution < 1.29 is 9.90 Å². The van der Waals surface area contributed by atoms with Gasteiger partial charge in [0.05, 0.1) is 5.69 Å². The van der Waals surface area contributed by atoms with Crippen LogP contribution in [0.1, 0.15) is 41.9 Å². The van der Waals surface area contributed by atoms with Crippen molar-refractivity contribution in [3.8, 4) is 0 Å². The molecule has 0 amide bonds. The third kappa shape index (κ3) is 2.24. The second-order valence-corrected chi connectivity index (χ2v) is 3.69. The lowest BCUT2D eigenvalue weighted by molar-refractivity contribution is 0.0690. The average Bonchev–Trinajstić information content (AvgIpc) is 2.30. The molecule has 0 spiro atoms. The summed E-state index contributed by atoms with van der Waals surface area (Å²) in [4.78, 5) is 14.9. The molecule has 0 atom stereocenters. The van der Waals surface area contributed by atoms with E-state index in [9.17, 15) is 4.79 Å². The SMILES string of the molecule is O=C(O)c1cccc(C2=CCCCC2)n1. The van der Waals surface area contributed by atoms with Gasteiger partial charge in [-0.2, -0.15) is 0 Å². The minimum Gasteiger partial charge on any atom is -0.477 e. The van der Waals surface area contributed by atoms with Crippen LogP contribution < -0.4 is 0 Å². The van der Waals surface area contributed by atoms with E-state index in [0.29, 0.717) is 0 Å². The third-order valence-corrected chi connectivity index (χ3v) is 2.59. The standard InChI is InChI=1S/C12H13NO2/c14-12(15)11-8-4-7-10(13-11)9-5-2-1-3-6-9/h4-5,7-8H,1-3,6H2,(H,14,15). The second kappa shape index (κ2) is 4.26. The Balaban J connectivity index is 2.31. The maximum atomic E-state index is 10.8. The zero-order chi connectivity index (χ0) is 10.7. The van der Waals surface area contributed by atoms with E-state index in [1.54, 1.807) is 6.07 Å². The Morgan fingerprint density at radius 3 is 2.87 bits per heavy atom. The Morgan fingerprint density at radius 2 is 2.20 bits per heavy atom. The molecule has 1 aromatic heterocycles. The summed E-state index contributed by atoms with van der Waals surface area (Å²) in [6, 6.07) is 5.15. The molecule has 0 bridgehead atoms. The molecular formula is C12H13NO2. The van der Waals surface area contributed by atoms with Crippen molar-refractivity contribution in [1.29, 1.82) is 0 Å². The van der Waals surface area contributed by atoms with Gasteiger partial charge in [0.2, 0.25) is 0 Å². The maximum Gasteiger partial charge on any atom is 0.354 e. The highest BCUT2D eigenvalue weighted by Gasteiger charge is 2.10. The minimum absolute atomic E-state index is 0.124. The van der Waals surface area contributed by atoms with Crippen molar-refractivity contribution in [3.63, 3.8) is 0 Å². The molecule has 0 saturated heterocycles. The van der Waals surface area contributed by atoms with Crippen LogP contribution in [0.2, 0.25) is 0 Å². The lowest BCUT2D eigenvalue weighted by Gasteiger charge is -2.12. The highest BCUT2D eigenvalue weighted by Crippen LogP contribution is 2.25. The van der Waals surface area contributed by atoms with Crippen LogP contribution in [-0.4, -0.2) is 16.1 Å². The number of pyridine rings is 1. The number of allylic oxidation sites excluding steroid dienone is 2. The van der Waals surface area contributed by atoms with Gasteiger partial charge in [-0.3, -0.25) is 0 Å². The highest BCUT2D eigenvalue weighted by atomic mass is 16.4. The average molecular weight is 203 g/mol. The molecule has 0 saturated carbocycles.